The highest BCUT2D eigenvalue weighted by Crippen LogP contribution is 2.40. The van der Waals surface area contributed by atoms with Gasteiger partial charge in [-0.2, -0.15) is 0 Å². The van der Waals surface area contributed by atoms with Crippen molar-refractivity contribution in [3.8, 4) is 17.0 Å². The van der Waals surface area contributed by atoms with Crippen molar-refractivity contribution in [1.82, 2.24) is 20.1 Å². The quantitative estimate of drug-likeness (QED) is 0.656. The molecule has 1 aromatic carbocycles. The Morgan fingerprint density at radius 1 is 1.16 bits per heavy atom. The van der Waals surface area contributed by atoms with Gasteiger partial charge in [-0.05, 0) is 67.8 Å². The number of benzene rings is 1. The molecule has 3 fully saturated rings. The summed E-state index contributed by atoms with van der Waals surface area (Å²) in [4.78, 5) is 14.7. The predicted octanol–water partition coefficient (Wildman–Crippen LogP) is 2.90. The van der Waals surface area contributed by atoms with Crippen molar-refractivity contribution in [2.24, 2.45) is 7.05 Å². The second-order valence-electron chi connectivity index (χ2n) is 9.40. The lowest BCUT2D eigenvalue weighted by atomic mass is 9.95. The molecule has 8 heteroatoms. The van der Waals surface area contributed by atoms with Crippen molar-refractivity contribution in [1.29, 1.82) is 0 Å². The second kappa shape index (κ2) is 7.27. The number of rotatable bonds is 4. The van der Waals surface area contributed by atoms with Gasteiger partial charge in [0.25, 0.3) is 5.56 Å². The van der Waals surface area contributed by atoms with Gasteiger partial charge in [-0.15, -0.1) is 10.2 Å². The van der Waals surface area contributed by atoms with Gasteiger partial charge >= 0.3 is 0 Å². The summed E-state index contributed by atoms with van der Waals surface area (Å²) in [6.45, 7) is 0. The van der Waals surface area contributed by atoms with E-state index in [0.29, 0.717) is 39.9 Å². The summed E-state index contributed by atoms with van der Waals surface area (Å²) in [6.07, 6.45) is 5.56. The molecule has 2 saturated heterocycles. The minimum absolute atomic E-state index is 0.0469. The first-order chi connectivity index (χ1) is 15.5. The molecule has 0 spiro atoms. The van der Waals surface area contributed by atoms with Gasteiger partial charge in [-0.25, -0.2) is 4.39 Å². The standard InChI is InChI=1S/C24H26FN5O2/c1-29-9-8-13-10-21(31)17(12-16(13)24(29)32)18-6-7-22(28-27-18)30(15-3-4-15)20-11-14-2-5-19(26-14)23(20)25/h6-10,12,14-15,19-20,23,26,31H,2-5,11H2,1H3/t14-,19+,20?,23?/m1/s1. The number of nitrogens with one attached hydrogen (secondary N) is 1. The topological polar surface area (TPSA) is 83.3 Å². The van der Waals surface area contributed by atoms with Crippen LogP contribution in [-0.2, 0) is 7.05 Å². The maximum atomic E-state index is 15.3. The van der Waals surface area contributed by atoms with Crippen LogP contribution in [-0.4, -0.2) is 50.2 Å². The molecule has 2 bridgehead atoms. The lowest BCUT2D eigenvalue weighted by molar-refractivity contribution is 0.171. The van der Waals surface area contributed by atoms with E-state index in [1.807, 2.05) is 6.07 Å². The summed E-state index contributed by atoms with van der Waals surface area (Å²) in [5, 5.41) is 24.0. The predicted molar refractivity (Wildman–Crippen MR) is 121 cm³/mol. The molecule has 32 heavy (non-hydrogen) atoms. The molecule has 1 saturated carbocycles. The van der Waals surface area contributed by atoms with Gasteiger partial charge in [-0.1, -0.05) is 0 Å². The molecule has 2 aromatic heterocycles. The molecule has 4 atom stereocenters. The highest BCUT2D eigenvalue weighted by Gasteiger charge is 2.48. The fourth-order valence-electron chi connectivity index (χ4n) is 5.41. The van der Waals surface area contributed by atoms with Crippen LogP contribution >= 0.6 is 0 Å². The number of pyridine rings is 1. The number of aryl methyl sites for hydroxylation is 1. The third-order valence-electron chi connectivity index (χ3n) is 7.24. The Hall–Kier alpha value is -3.00. The molecule has 4 heterocycles. The van der Waals surface area contributed by atoms with E-state index in [0.717, 1.165) is 32.1 Å². The SMILES string of the molecule is Cn1ccc2cc(O)c(-c3ccc(N(C4CC4)C4C[C@H]5CC[C@H](N5)C4F)nn3)cc2c1=O. The van der Waals surface area contributed by atoms with E-state index in [9.17, 15) is 9.90 Å². The minimum atomic E-state index is -0.920. The number of aromatic nitrogens is 3. The van der Waals surface area contributed by atoms with Crippen molar-refractivity contribution < 1.29 is 9.50 Å². The second-order valence-corrected chi connectivity index (χ2v) is 9.40. The summed E-state index contributed by atoms with van der Waals surface area (Å²) < 4.78 is 16.8. The zero-order valence-electron chi connectivity index (χ0n) is 17.9. The van der Waals surface area contributed by atoms with E-state index >= 15 is 4.39 Å². The molecule has 2 aliphatic heterocycles. The van der Waals surface area contributed by atoms with Gasteiger partial charge < -0.3 is 19.9 Å². The third-order valence-corrected chi connectivity index (χ3v) is 7.24. The van der Waals surface area contributed by atoms with Crippen LogP contribution in [0.15, 0.2) is 41.3 Å². The monoisotopic (exact) mass is 435 g/mol. The Balaban J connectivity index is 1.35. The number of aromatic hydroxyl groups is 1. The van der Waals surface area contributed by atoms with Gasteiger partial charge in [0.05, 0.1) is 11.7 Å². The van der Waals surface area contributed by atoms with E-state index in [-0.39, 0.29) is 23.4 Å². The van der Waals surface area contributed by atoms with Crippen LogP contribution in [0.5, 0.6) is 5.75 Å². The van der Waals surface area contributed by atoms with E-state index in [4.69, 9.17) is 0 Å². The zero-order valence-corrected chi connectivity index (χ0v) is 17.9. The van der Waals surface area contributed by atoms with Crippen LogP contribution in [0.2, 0.25) is 0 Å². The Bertz CT molecular complexity index is 1240. The van der Waals surface area contributed by atoms with Crippen LogP contribution < -0.4 is 15.8 Å². The molecule has 3 aliphatic rings. The highest BCUT2D eigenvalue weighted by atomic mass is 19.1. The Morgan fingerprint density at radius 3 is 2.75 bits per heavy atom. The minimum Gasteiger partial charge on any atom is -0.507 e. The van der Waals surface area contributed by atoms with E-state index in [1.54, 1.807) is 37.5 Å². The summed E-state index contributed by atoms with van der Waals surface area (Å²) in [6, 6.07) is 9.15. The average molecular weight is 436 g/mol. The van der Waals surface area contributed by atoms with E-state index < -0.39 is 6.17 Å². The number of phenols is 1. The maximum Gasteiger partial charge on any atom is 0.258 e. The number of fused-ring (bicyclic) bond motifs is 3. The maximum absolute atomic E-state index is 15.3. The number of piperidine rings is 1. The Kier molecular flexibility index (Phi) is 4.47. The molecular weight excluding hydrogens is 409 g/mol. The molecule has 3 aromatic rings. The summed E-state index contributed by atoms with van der Waals surface area (Å²) >= 11 is 0. The summed E-state index contributed by atoms with van der Waals surface area (Å²) in [7, 11) is 1.69. The van der Waals surface area contributed by atoms with Gasteiger partial charge in [0.15, 0.2) is 5.82 Å². The fraction of sp³-hybridized carbons (Fsp3) is 0.458. The fourth-order valence-corrected chi connectivity index (χ4v) is 5.41. The zero-order chi connectivity index (χ0) is 22.0. The summed E-state index contributed by atoms with van der Waals surface area (Å²) in [5.41, 5.74) is 0.806. The normalized spacial score (nSPS) is 27.1. The number of phenolic OH excluding ortho intramolecular Hbond substituents is 1. The Labute approximate surface area is 184 Å². The largest absolute Gasteiger partial charge is 0.507 e. The first-order valence-electron chi connectivity index (χ1n) is 11.3. The number of alkyl halides is 1. The van der Waals surface area contributed by atoms with Gasteiger partial charge in [0.1, 0.15) is 11.9 Å². The van der Waals surface area contributed by atoms with Crippen LogP contribution in [0.1, 0.15) is 32.1 Å². The molecule has 166 valence electrons. The third kappa shape index (κ3) is 3.16. The number of nitrogens with zero attached hydrogens (tertiary/aromatic N) is 4. The van der Waals surface area contributed by atoms with Crippen molar-refractivity contribution in [3.05, 3.63) is 46.9 Å². The lowest BCUT2D eigenvalue weighted by Gasteiger charge is -2.41. The first kappa shape index (κ1) is 19.7. The first-order valence-corrected chi connectivity index (χ1v) is 11.3. The molecule has 2 unspecified atom stereocenters. The smallest absolute Gasteiger partial charge is 0.258 e. The van der Waals surface area contributed by atoms with Crippen molar-refractivity contribution in [3.63, 3.8) is 0 Å². The van der Waals surface area contributed by atoms with E-state index in [2.05, 4.69) is 20.4 Å². The molecule has 2 N–H and O–H groups in total. The highest BCUT2D eigenvalue weighted by molar-refractivity contribution is 5.89. The van der Waals surface area contributed by atoms with Crippen molar-refractivity contribution in [2.75, 3.05) is 4.90 Å². The van der Waals surface area contributed by atoms with Crippen molar-refractivity contribution in [2.45, 2.75) is 62.4 Å². The summed E-state index contributed by atoms with van der Waals surface area (Å²) in [5.74, 6) is 0.729. The van der Waals surface area contributed by atoms with Gasteiger partial charge in [-0.3, -0.25) is 4.79 Å². The molecule has 6 rings (SSSR count). The lowest BCUT2D eigenvalue weighted by Crippen LogP contribution is -2.57. The van der Waals surface area contributed by atoms with Gasteiger partial charge in [0.2, 0.25) is 0 Å². The van der Waals surface area contributed by atoms with Crippen molar-refractivity contribution >= 4 is 16.6 Å². The van der Waals surface area contributed by atoms with Gasteiger partial charge in [0, 0.05) is 42.3 Å². The van der Waals surface area contributed by atoms with Crippen LogP contribution in [0.4, 0.5) is 10.2 Å². The number of anilines is 1. The molecule has 7 nitrogen and oxygen atoms in total. The molecule has 0 radical (unpaired) electrons. The van der Waals surface area contributed by atoms with Crippen LogP contribution in [0.25, 0.3) is 22.0 Å². The van der Waals surface area contributed by atoms with Crippen LogP contribution in [0, 0.1) is 0 Å². The molecular formula is C24H26FN5O2. The Morgan fingerprint density at radius 2 is 2.00 bits per heavy atom. The number of hydrogen-bond acceptors (Lipinski definition) is 6. The molecule has 1 aliphatic carbocycles. The molecule has 0 amide bonds. The number of hydrogen-bond donors (Lipinski definition) is 2. The van der Waals surface area contributed by atoms with E-state index in [1.165, 1.54) is 4.57 Å². The van der Waals surface area contributed by atoms with Crippen LogP contribution in [0.3, 0.4) is 0 Å². The average Bonchev–Trinajstić information content (AvgIpc) is 3.54. The number of halogens is 1.